The molecule has 1 amide bonds. The van der Waals surface area contributed by atoms with Gasteiger partial charge in [0.25, 0.3) is 5.69 Å². The summed E-state index contributed by atoms with van der Waals surface area (Å²) in [5.41, 5.74) is 1.87. The Hall–Kier alpha value is -2.38. The smallest absolute Gasteiger partial charge is 0.269 e. The molecule has 6 nitrogen and oxygen atoms in total. The fraction of sp³-hybridized carbons (Fsp3) is 0.278. The van der Waals surface area contributed by atoms with Crippen LogP contribution in [0.25, 0.3) is 0 Å². The fourth-order valence-electron chi connectivity index (χ4n) is 2.19. The summed E-state index contributed by atoms with van der Waals surface area (Å²) in [6.07, 6.45) is 0. The highest BCUT2D eigenvalue weighted by Crippen LogP contribution is 2.26. The zero-order valence-corrected chi connectivity index (χ0v) is 15.0. The van der Waals surface area contributed by atoms with Crippen molar-refractivity contribution in [2.75, 3.05) is 11.9 Å². The Morgan fingerprint density at radius 1 is 1.20 bits per heavy atom. The van der Waals surface area contributed by atoms with Crippen LogP contribution >= 0.6 is 11.8 Å². The van der Waals surface area contributed by atoms with E-state index >= 15 is 0 Å². The topological polar surface area (TPSA) is 84.3 Å². The molecule has 0 aromatic heterocycles. The van der Waals surface area contributed by atoms with Crippen LogP contribution in [0.5, 0.6) is 0 Å². The number of amides is 1. The average molecular weight is 359 g/mol. The number of nitro benzene ring substituents is 1. The molecule has 0 bridgehead atoms. The van der Waals surface area contributed by atoms with Gasteiger partial charge in [0.1, 0.15) is 0 Å². The summed E-state index contributed by atoms with van der Waals surface area (Å²) in [4.78, 5) is 23.5. The average Bonchev–Trinajstić information content (AvgIpc) is 2.61. The number of rotatable bonds is 8. The zero-order chi connectivity index (χ0) is 18.2. The van der Waals surface area contributed by atoms with Crippen LogP contribution in [0.3, 0.4) is 0 Å². The maximum atomic E-state index is 12.5. The highest BCUT2D eigenvalue weighted by Gasteiger charge is 2.16. The van der Waals surface area contributed by atoms with E-state index in [-0.39, 0.29) is 16.8 Å². The molecule has 2 aromatic rings. The summed E-state index contributed by atoms with van der Waals surface area (Å²) in [7, 11) is 0. The van der Waals surface area contributed by atoms with Gasteiger partial charge >= 0.3 is 0 Å². The number of hydrogen-bond acceptors (Lipinski definition) is 5. The van der Waals surface area contributed by atoms with Crippen LogP contribution in [0.1, 0.15) is 19.4 Å². The van der Waals surface area contributed by atoms with Crippen molar-refractivity contribution < 1.29 is 9.72 Å². The van der Waals surface area contributed by atoms with Crippen LogP contribution in [0.4, 0.5) is 11.4 Å². The predicted molar refractivity (Wildman–Crippen MR) is 101 cm³/mol. The molecule has 0 aliphatic heterocycles. The van der Waals surface area contributed by atoms with Crippen LogP contribution in [0.15, 0.2) is 53.4 Å². The number of nitrogens with one attached hydrogen (secondary N) is 2. The van der Waals surface area contributed by atoms with E-state index in [1.165, 1.54) is 23.9 Å². The van der Waals surface area contributed by atoms with Gasteiger partial charge in [-0.3, -0.25) is 14.9 Å². The van der Waals surface area contributed by atoms with Crippen molar-refractivity contribution in [2.24, 2.45) is 0 Å². The SMILES string of the molecule is CCNCc1ccccc1NC(=O)C(C)Sc1ccc([N+](=O)[O-])cc1. The van der Waals surface area contributed by atoms with Crippen LogP contribution in [0, 0.1) is 10.1 Å². The van der Waals surface area contributed by atoms with Gasteiger partial charge < -0.3 is 10.6 Å². The standard InChI is InChI=1S/C18H21N3O3S/c1-3-19-12-14-6-4-5-7-17(14)20-18(22)13(2)25-16-10-8-15(9-11-16)21(23)24/h4-11,13,19H,3,12H2,1-2H3,(H,20,22). The van der Waals surface area contributed by atoms with E-state index < -0.39 is 4.92 Å². The molecular weight excluding hydrogens is 338 g/mol. The van der Waals surface area contributed by atoms with Crippen LogP contribution < -0.4 is 10.6 Å². The van der Waals surface area contributed by atoms with E-state index in [1.807, 2.05) is 38.1 Å². The van der Waals surface area contributed by atoms with Gasteiger partial charge in [-0.2, -0.15) is 0 Å². The number of hydrogen-bond donors (Lipinski definition) is 2. The molecule has 132 valence electrons. The maximum Gasteiger partial charge on any atom is 0.269 e. The van der Waals surface area contributed by atoms with Gasteiger partial charge in [0.15, 0.2) is 0 Å². The number of para-hydroxylation sites is 1. The Balaban J connectivity index is 1.99. The van der Waals surface area contributed by atoms with Gasteiger partial charge in [-0.05, 0) is 37.2 Å². The summed E-state index contributed by atoms with van der Waals surface area (Å²) in [5, 5.41) is 16.6. The number of thioether (sulfide) groups is 1. The van der Waals surface area contributed by atoms with Crippen molar-refractivity contribution in [3.63, 3.8) is 0 Å². The molecular formula is C18H21N3O3S. The van der Waals surface area contributed by atoms with Crippen molar-refractivity contribution in [3.05, 3.63) is 64.2 Å². The lowest BCUT2D eigenvalue weighted by Gasteiger charge is -2.15. The molecule has 25 heavy (non-hydrogen) atoms. The zero-order valence-electron chi connectivity index (χ0n) is 14.2. The first-order valence-electron chi connectivity index (χ1n) is 8.02. The molecule has 0 saturated carbocycles. The van der Waals surface area contributed by atoms with Crippen molar-refractivity contribution in [1.82, 2.24) is 5.32 Å². The normalized spacial score (nSPS) is 11.8. The molecule has 0 fully saturated rings. The van der Waals surface area contributed by atoms with E-state index in [9.17, 15) is 14.9 Å². The summed E-state index contributed by atoms with van der Waals surface area (Å²) < 4.78 is 0. The molecule has 1 unspecified atom stereocenters. The quantitative estimate of drug-likeness (QED) is 0.425. The highest BCUT2D eigenvalue weighted by atomic mass is 32.2. The van der Waals surface area contributed by atoms with Crippen LogP contribution in [-0.2, 0) is 11.3 Å². The summed E-state index contributed by atoms with van der Waals surface area (Å²) in [6, 6.07) is 13.9. The number of non-ortho nitro benzene ring substituents is 1. The van der Waals surface area contributed by atoms with Gasteiger partial charge in [-0.25, -0.2) is 0 Å². The van der Waals surface area contributed by atoms with Gasteiger partial charge in [-0.1, -0.05) is 25.1 Å². The van der Waals surface area contributed by atoms with Gasteiger partial charge in [-0.15, -0.1) is 11.8 Å². The highest BCUT2D eigenvalue weighted by molar-refractivity contribution is 8.00. The second-order valence-electron chi connectivity index (χ2n) is 5.44. The van der Waals surface area contributed by atoms with Gasteiger partial charge in [0, 0.05) is 29.3 Å². The van der Waals surface area contributed by atoms with Crippen LogP contribution in [0.2, 0.25) is 0 Å². The summed E-state index contributed by atoms with van der Waals surface area (Å²) in [6.45, 7) is 5.39. The molecule has 0 saturated heterocycles. The lowest BCUT2D eigenvalue weighted by molar-refractivity contribution is -0.384. The van der Waals surface area contributed by atoms with Gasteiger partial charge in [0.05, 0.1) is 10.2 Å². The molecule has 2 aromatic carbocycles. The maximum absolute atomic E-state index is 12.5. The molecule has 2 rings (SSSR count). The molecule has 0 aliphatic rings. The Morgan fingerprint density at radius 3 is 2.52 bits per heavy atom. The first-order valence-corrected chi connectivity index (χ1v) is 8.89. The summed E-state index contributed by atoms with van der Waals surface area (Å²) >= 11 is 1.36. The second kappa shape index (κ2) is 9.19. The third-order valence-electron chi connectivity index (χ3n) is 3.57. The number of nitro groups is 1. The first-order chi connectivity index (χ1) is 12.0. The lowest BCUT2D eigenvalue weighted by Crippen LogP contribution is -2.24. The van der Waals surface area contributed by atoms with Crippen molar-refractivity contribution in [2.45, 2.75) is 30.5 Å². The molecule has 2 N–H and O–H groups in total. The largest absolute Gasteiger partial charge is 0.325 e. The molecule has 7 heteroatoms. The molecule has 0 spiro atoms. The minimum atomic E-state index is -0.439. The lowest BCUT2D eigenvalue weighted by atomic mass is 10.1. The molecule has 0 aliphatic carbocycles. The Bertz CT molecular complexity index is 735. The number of anilines is 1. The number of nitrogens with zero attached hydrogens (tertiary/aromatic N) is 1. The predicted octanol–water partition coefficient (Wildman–Crippen LogP) is 3.82. The monoisotopic (exact) mass is 359 g/mol. The van der Waals surface area contributed by atoms with Crippen molar-refractivity contribution in [1.29, 1.82) is 0 Å². The number of benzene rings is 2. The van der Waals surface area contributed by atoms with E-state index in [2.05, 4.69) is 10.6 Å². The third kappa shape index (κ3) is 5.58. The van der Waals surface area contributed by atoms with E-state index in [4.69, 9.17) is 0 Å². The van der Waals surface area contributed by atoms with E-state index in [0.717, 1.165) is 22.7 Å². The number of carbonyl (C=O) groups is 1. The first kappa shape index (κ1) is 19.0. The summed E-state index contributed by atoms with van der Waals surface area (Å²) in [5.74, 6) is -0.104. The van der Waals surface area contributed by atoms with Crippen LogP contribution in [-0.4, -0.2) is 22.6 Å². The van der Waals surface area contributed by atoms with Crippen molar-refractivity contribution >= 4 is 29.0 Å². The molecule has 1 atom stereocenters. The second-order valence-corrected chi connectivity index (χ2v) is 6.85. The fourth-order valence-corrected chi connectivity index (χ4v) is 3.06. The molecule has 0 heterocycles. The minimum Gasteiger partial charge on any atom is -0.325 e. The van der Waals surface area contributed by atoms with E-state index in [0.29, 0.717) is 6.54 Å². The minimum absolute atomic E-state index is 0.0406. The number of carbonyl (C=O) groups excluding carboxylic acids is 1. The Kier molecular flexibility index (Phi) is 6.97. The van der Waals surface area contributed by atoms with E-state index in [1.54, 1.807) is 12.1 Å². The van der Waals surface area contributed by atoms with Gasteiger partial charge in [0.2, 0.25) is 5.91 Å². The third-order valence-corrected chi connectivity index (χ3v) is 4.68. The Labute approximate surface area is 151 Å². The molecule has 0 radical (unpaired) electrons. The Morgan fingerprint density at radius 2 is 1.88 bits per heavy atom. The van der Waals surface area contributed by atoms with Crippen molar-refractivity contribution in [3.8, 4) is 0 Å².